The van der Waals surface area contributed by atoms with Crippen molar-refractivity contribution in [1.82, 2.24) is 5.32 Å². The van der Waals surface area contributed by atoms with Crippen molar-refractivity contribution < 1.29 is 32.9 Å². The lowest BCUT2D eigenvalue weighted by Crippen LogP contribution is -2.45. The highest BCUT2D eigenvalue weighted by Gasteiger charge is 2.23. The van der Waals surface area contributed by atoms with Gasteiger partial charge in [-0.1, -0.05) is 274 Å². The van der Waals surface area contributed by atoms with E-state index in [9.17, 15) is 19.4 Å². The number of aliphatic hydroxyl groups excluding tert-OH is 1. The smallest absolute Gasteiger partial charge is 0.268 e. The van der Waals surface area contributed by atoms with Crippen molar-refractivity contribution in [2.45, 2.75) is 289 Å². The van der Waals surface area contributed by atoms with Gasteiger partial charge in [0.2, 0.25) is 5.91 Å². The Hall–Kier alpha value is -1.80. The highest BCUT2D eigenvalue weighted by atomic mass is 31.2. The fraction of sp³-hybridized carbons (Fsp3) is 0.823. The normalized spacial score (nSPS) is 14.3. The molecule has 0 aliphatic carbocycles. The number of nitrogens with zero attached hydrogens (tertiary/aromatic N) is 1. The number of nitrogens with one attached hydrogen (secondary N) is 1. The Morgan fingerprint density at radius 2 is 0.859 bits per heavy atom. The first-order chi connectivity index (χ1) is 34.5. The van der Waals surface area contributed by atoms with Crippen LogP contribution < -0.4 is 10.2 Å². The molecule has 416 valence electrons. The molecule has 71 heavy (non-hydrogen) atoms. The van der Waals surface area contributed by atoms with E-state index in [0.29, 0.717) is 17.4 Å². The number of phosphoric ester groups is 1. The second kappa shape index (κ2) is 53.0. The average molecular weight is 1020 g/mol. The number of likely N-dealkylation sites (N-methyl/N-ethyl adjacent to an activating group) is 1. The third-order valence-electron chi connectivity index (χ3n) is 13.5. The quantitative estimate of drug-likeness (QED) is 0.0272. The van der Waals surface area contributed by atoms with Gasteiger partial charge in [0.1, 0.15) is 13.2 Å². The van der Waals surface area contributed by atoms with E-state index in [1.54, 1.807) is 6.08 Å². The number of aliphatic hydroxyl groups is 1. The zero-order chi connectivity index (χ0) is 52.0. The van der Waals surface area contributed by atoms with Gasteiger partial charge < -0.3 is 28.8 Å². The van der Waals surface area contributed by atoms with E-state index in [0.717, 1.165) is 64.2 Å². The number of allylic oxidation sites excluding steroid dienone is 9. The Labute approximate surface area is 441 Å². The van der Waals surface area contributed by atoms with Crippen molar-refractivity contribution in [1.29, 1.82) is 0 Å². The summed E-state index contributed by atoms with van der Waals surface area (Å²) < 4.78 is 23.2. The van der Waals surface area contributed by atoms with Crippen LogP contribution in [0.15, 0.2) is 60.8 Å². The lowest BCUT2D eigenvalue weighted by Gasteiger charge is -2.29. The molecule has 2 N–H and O–H groups in total. The van der Waals surface area contributed by atoms with Gasteiger partial charge in [0.05, 0.1) is 39.9 Å². The molecule has 0 saturated carbocycles. The van der Waals surface area contributed by atoms with Gasteiger partial charge >= 0.3 is 0 Å². The zero-order valence-electron chi connectivity index (χ0n) is 47.4. The van der Waals surface area contributed by atoms with Crippen molar-refractivity contribution in [2.75, 3.05) is 40.9 Å². The molecule has 0 saturated heterocycles. The van der Waals surface area contributed by atoms with Crippen molar-refractivity contribution in [3.05, 3.63) is 60.8 Å². The molecule has 3 unspecified atom stereocenters. The van der Waals surface area contributed by atoms with Crippen molar-refractivity contribution in [3.8, 4) is 0 Å². The highest BCUT2D eigenvalue weighted by molar-refractivity contribution is 7.45. The van der Waals surface area contributed by atoms with Crippen LogP contribution in [0, 0.1) is 0 Å². The molecule has 0 aromatic heterocycles. The largest absolute Gasteiger partial charge is 0.756 e. The molecule has 9 heteroatoms. The first-order valence-corrected chi connectivity index (χ1v) is 31.6. The maximum atomic E-state index is 12.9. The van der Waals surface area contributed by atoms with E-state index in [2.05, 4.69) is 67.8 Å². The fourth-order valence-corrected chi connectivity index (χ4v) is 9.52. The summed E-state index contributed by atoms with van der Waals surface area (Å²) in [5.41, 5.74) is 0. The van der Waals surface area contributed by atoms with E-state index in [4.69, 9.17) is 9.05 Å². The van der Waals surface area contributed by atoms with Gasteiger partial charge in [0.25, 0.3) is 7.82 Å². The summed E-state index contributed by atoms with van der Waals surface area (Å²) in [7, 11) is 1.27. The number of phosphoric acid groups is 1. The molecule has 0 fully saturated rings. The first kappa shape index (κ1) is 69.2. The van der Waals surface area contributed by atoms with Crippen LogP contribution in [0.5, 0.6) is 0 Å². The van der Waals surface area contributed by atoms with Gasteiger partial charge in [-0.15, -0.1) is 0 Å². The summed E-state index contributed by atoms with van der Waals surface area (Å²) in [6.07, 6.45) is 72.2. The monoisotopic (exact) mass is 1020 g/mol. The van der Waals surface area contributed by atoms with Gasteiger partial charge in [0.15, 0.2) is 0 Å². The summed E-state index contributed by atoms with van der Waals surface area (Å²) >= 11 is 0. The maximum absolute atomic E-state index is 12.9. The molecule has 0 rings (SSSR count). The standard InChI is InChI=1S/C62H117N2O6P/c1-6-8-10-12-14-16-17-18-19-20-21-22-23-24-25-26-27-28-29-30-31-32-33-34-35-36-37-38-39-40-41-42-43-44-45-46-47-48-50-52-54-56-62(66)63-60(59-70-71(67,68)69-58-57-64(3,4)5)61(65)55-53-51-49-15-13-11-9-7-2/h8,10,14,16,18-19,21-22,53,55,60-61,65H,6-7,9,11-13,15,17,20,23-52,54,56-59H2,1-5H3,(H-,63,66,67,68)/b10-8-,16-14-,19-18-,22-21-,55-53+. The van der Waals surface area contributed by atoms with Crippen LogP contribution >= 0.6 is 7.82 Å². The van der Waals surface area contributed by atoms with Gasteiger partial charge in [0, 0.05) is 6.42 Å². The topological polar surface area (TPSA) is 108 Å². The zero-order valence-corrected chi connectivity index (χ0v) is 48.3. The van der Waals surface area contributed by atoms with Crippen LogP contribution in [-0.4, -0.2) is 68.5 Å². The van der Waals surface area contributed by atoms with Gasteiger partial charge in [-0.3, -0.25) is 9.36 Å². The maximum Gasteiger partial charge on any atom is 0.268 e. The van der Waals surface area contributed by atoms with Crippen LogP contribution in [0.4, 0.5) is 0 Å². The molecule has 3 atom stereocenters. The number of unbranched alkanes of at least 4 members (excludes halogenated alkanes) is 34. The number of rotatable bonds is 55. The summed E-state index contributed by atoms with van der Waals surface area (Å²) in [6.45, 7) is 4.50. The van der Waals surface area contributed by atoms with Crippen LogP contribution in [0.1, 0.15) is 277 Å². The minimum absolute atomic E-state index is 0.000296. The second-order valence-electron chi connectivity index (χ2n) is 21.7. The Kier molecular flexibility index (Phi) is 51.7. The third kappa shape index (κ3) is 55.8. The predicted octanol–water partition coefficient (Wildman–Crippen LogP) is 17.9. The van der Waals surface area contributed by atoms with Crippen LogP contribution in [0.2, 0.25) is 0 Å². The fourth-order valence-electron chi connectivity index (χ4n) is 8.79. The van der Waals surface area contributed by atoms with Gasteiger partial charge in [-0.05, 0) is 57.8 Å². The Balaban J connectivity index is 3.74. The summed E-state index contributed by atoms with van der Waals surface area (Å²) in [6, 6.07) is -0.882. The molecular weight excluding hydrogens is 900 g/mol. The Morgan fingerprint density at radius 1 is 0.507 bits per heavy atom. The first-order valence-electron chi connectivity index (χ1n) is 30.2. The average Bonchev–Trinajstić information content (AvgIpc) is 3.33. The van der Waals surface area contributed by atoms with Gasteiger partial charge in [-0.2, -0.15) is 0 Å². The number of hydrogen-bond acceptors (Lipinski definition) is 6. The minimum Gasteiger partial charge on any atom is -0.756 e. The number of quaternary nitrogens is 1. The number of amides is 1. The molecule has 0 aliphatic rings. The van der Waals surface area contributed by atoms with Crippen molar-refractivity contribution in [3.63, 3.8) is 0 Å². The molecule has 0 spiro atoms. The summed E-state index contributed by atoms with van der Waals surface area (Å²) in [5.74, 6) is -0.197. The molecule has 0 aromatic rings. The molecule has 0 aromatic carbocycles. The van der Waals surface area contributed by atoms with E-state index in [1.807, 2.05) is 27.2 Å². The van der Waals surface area contributed by atoms with E-state index in [1.165, 1.54) is 193 Å². The third-order valence-corrected chi connectivity index (χ3v) is 14.4. The lowest BCUT2D eigenvalue weighted by molar-refractivity contribution is -0.870. The van der Waals surface area contributed by atoms with Gasteiger partial charge in [-0.25, -0.2) is 0 Å². The molecule has 0 bridgehead atoms. The number of hydrogen-bond donors (Lipinski definition) is 2. The van der Waals surface area contributed by atoms with E-state index >= 15 is 0 Å². The molecule has 0 radical (unpaired) electrons. The highest BCUT2D eigenvalue weighted by Crippen LogP contribution is 2.38. The SMILES string of the molecule is CC/C=C\C/C=C\C/C=C\C/C=C\CCCCCCCCCCCCCCCCCCCCCCCCCCCCCCC(=O)NC(COP(=O)([O-])OCC[N+](C)(C)C)C(O)/C=C/CCCCCCCC. The van der Waals surface area contributed by atoms with Crippen LogP contribution in [0.3, 0.4) is 0 Å². The Morgan fingerprint density at radius 3 is 1.25 bits per heavy atom. The van der Waals surface area contributed by atoms with E-state index < -0.39 is 20.0 Å². The molecule has 1 amide bonds. The van der Waals surface area contributed by atoms with Crippen LogP contribution in [-0.2, 0) is 18.4 Å². The molecule has 0 aliphatic heterocycles. The number of carbonyl (C=O) groups is 1. The lowest BCUT2D eigenvalue weighted by atomic mass is 10.0. The molecule has 0 heterocycles. The summed E-state index contributed by atoms with van der Waals surface area (Å²) in [5, 5.41) is 13.7. The predicted molar refractivity (Wildman–Crippen MR) is 307 cm³/mol. The molecular formula is C62H117N2O6P. The Bertz CT molecular complexity index is 1340. The summed E-state index contributed by atoms with van der Waals surface area (Å²) in [4.78, 5) is 25.3. The van der Waals surface area contributed by atoms with E-state index in [-0.39, 0.29) is 19.1 Å². The van der Waals surface area contributed by atoms with Crippen molar-refractivity contribution >= 4 is 13.7 Å². The minimum atomic E-state index is -4.58. The second-order valence-corrected chi connectivity index (χ2v) is 23.1. The molecule has 8 nitrogen and oxygen atoms in total. The van der Waals surface area contributed by atoms with Crippen LogP contribution in [0.25, 0.3) is 0 Å². The van der Waals surface area contributed by atoms with Crippen molar-refractivity contribution in [2.24, 2.45) is 0 Å². The number of carbonyl (C=O) groups excluding carboxylic acids is 1.